The van der Waals surface area contributed by atoms with E-state index in [0.717, 1.165) is 80.7 Å². The highest BCUT2D eigenvalue weighted by Crippen LogP contribution is 2.39. The third-order valence-electron chi connectivity index (χ3n) is 9.03. The molecule has 1 aromatic carbocycles. The van der Waals surface area contributed by atoms with Crippen molar-refractivity contribution in [3.05, 3.63) is 72.7 Å². The van der Waals surface area contributed by atoms with Crippen molar-refractivity contribution >= 4 is 11.7 Å². The number of amides is 1. The number of pyridine rings is 1. The van der Waals surface area contributed by atoms with E-state index in [-0.39, 0.29) is 17.2 Å². The second kappa shape index (κ2) is 15.4. The molecule has 0 atom stereocenters. The Morgan fingerprint density at radius 3 is 2.34 bits per heavy atom. The first-order chi connectivity index (χ1) is 21.1. The van der Waals surface area contributed by atoms with Crippen molar-refractivity contribution in [3.63, 3.8) is 0 Å². The summed E-state index contributed by atoms with van der Waals surface area (Å²) in [5.74, 6) is 3.76. The van der Waals surface area contributed by atoms with E-state index >= 15 is 0 Å². The predicted molar refractivity (Wildman–Crippen MR) is 177 cm³/mol. The van der Waals surface area contributed by atoms with Crippen LogP contribution in [0.2, 0.25) is 0 Å². The Morgan fingerprint density at radius 2 is 1.75 bits per heavy atom. The largest absolute Gasteiger partial charge is 0.505 e. The first-order valence-corrected chi connectivity index (χ1v) is 16.2. The summed E-state index contributed by atoms with van der Waals surface area (Å²) in [5.41, 5.74) is 4.15. The topological polar surface area (TPSA) is 77.7 Å². The summed E-state index contributed by atoms with van der Waals surface area (Å²) in [6.07, 6.45) is 14.9. The molecule has 0 unspecified atom stereocenters. The number of oxazole rings is 1. The van der Waals surface area contributed by atoms with Gasteiger partial charge in [-0.1, -0.05) is 58.7 Å². The molecule has 0 aliphatic heterocycles. The van der Waals surface area contributed by atoms with Crippen LogP contribution >= 0.6 is 0 Å². The van der Waals surface area contributed by atoms with E-state index in [1.165, 1.54) is 23.8 Å². The van der Waals surface area contributed by atoms with E-state index in [2.05, 4.69) is 57.2 Å². The number of benzene rings is 1. The normalized spacial score (nSPS) is 19.0. The van der Waals surface area contributed by atoms with Gasteiger partial charge in [-0.3, -0.25) is 9.69 Å². The number of ether oxygens (including phenoxy) is 2. The molecule has 0 bridgehead atoms. The number of aryl methyl sites for hydroxylation is 1. The molecule has 0 N–H and O–H groups in total. The number of rotatable bonds is 8. The van der Waals surface area contributed by atoms with Gasteiger partial charge in [0.25, 0.3) is 0 Å². The highest BCUT2D eigenvalue weighted by atomic mass is 16.5. The summed E-state index contributed by atoms with van der Waals surface area (Å²) in [4.78, 5) is 25.5. The maximum atomic E-state index is 14.0. The molecular formula is C37H51N3O4. The summed E-state index contributed by atoms with van der Waals surface area (Å²) < 4.78 is 15.6. The molecule has 5 rings (SSSR count). The van der Waals surface area contributed by atoms with Crippen LogP contribution in [0.5, 0.6) is 5.75 Å². The predicted octanol–water partition coefficient (Wildman–Crippen LogP) is 9.01. The van der Waals surface area contributed by atoms with Crippen LogP contribution in [-0.4, -0.2) is 36.6 Å². The van der Waals surface area contributed by atoms with Crippen molar-refractivity contribution in [2.45, 2.75) is 96.8 Å². The lowest BCUT2D eigenvalue weighted by Crippen LogP contribution is -2.41. The molecule has 2 fully saturated rings. The molecule has 2 heterocycles. The Kier molecular flexibility index (Phi) is 11.7. The Morgan fingerprint density at radius 1 is 1.05 bits per heavy atom. The SMILES string of the molecule is C=COC.COc1ccc(C2CCC(CN(C(=O)C3CCCCC3)c3cc(-c4coc(C(C)(C)C)n4)ccn3)CC2)cc1C. The number of carbonyl (C=O) groups is 1. The van der Waals surface area contributed by atoms with Crippen molar-refractivity contribution in [2.75, 3.05) is 25.7 Å². The van der Waals surface area contributed by atoms with Gasteiger partial charge in [-0.05, 0) is 86.6 Å². The number of hydrogen-bond acceptors (Lipinski definition) is 6. The maximum absolute atomic E-state index is 14.0. The first kappa shape index (κ1) is 33.3. The standard InChI is InChI=1S/C34H45N3O3.C3H6O/c1-23-19-27(15-16-30(23)39-5)25-13-11-24(12-14-25)21-37(32(38)26-9-7-6-8-10-26)31-20-28(17-18-35-31)29-22-40-33(36-29)34(2,3)4;1-3-4-2/h15-20,22,24-26H,6-14,21H2,1-5H3;3H,1H2,2H3. The molecule has 238 valence electrons. The minimum atomic E-state index is -0.166. The molecule has 2 aliphatic carbocycles. The van der Waals surface area contributed by atoms with Crippen LogP contribution in [0.15, 0.2) is 60.1 Å². The van der Waals surface area contributed by atoms with Crippen molar-refractivity contribution in [1.82, 2.24) is 9.97 Å². The van der Waals surface area contributed by atoms with Gasteiger partial charge in [0.05, 0.1) is 20.5 Å². The van der Waals surface area contributed by atoms with E-state index in [9.17, 15) is 4.79 Å². The number of methoxy groups -OCH3 is 2. The Balaban J connectivity index is 0.00000104. The van der Waals surface area contributed by atoms with Crippen molar-refractivity contribution in [2.24, 2.45) is 11.8 Å². The van der Waals surface area contributed by atoms with Gasteiger partial charge in [0, 0.05) is 29.6 Å². The van der Waals surface area contributed by atoms with Crippen molar-refractivity contribution in [3.8, 4) is 17.0 Å². The molecular weight excluding hydrogens is 550 g/mol. The molecule has 2 aliphatic rings. The maximum Gasteiger partial charge on any atom is 0.231 e. The lowest BCUT2D eigenvalue weighted by atomic mass is 9.78. The zero-order valence-electron chi connectivity index (χ0n) is 27.6. The molecule has 3 aromatic rings. The zero-order chi connectivity index (χ0) is 31.7. The van der Waals surface area contributed by atoms with Gasteiger partial charge in [0.2, 0.25) is 5.91 Å². The van der Waals surface area contributed by atoms with Crippen LogP contribution in [0.1, 0.15) is 101 Å². The summed E-state index contributed by atoms with van der Waals surface area (Å²) >= 11 is 0. The van der Waals surface area contributed by atoms with Gasteiger partial charge >= 0.3 is 0 Å². The molecule has 7 heteroatoms. The molecule has 2 aromatic heterocycles. The lowest BCUT2D eigenvalue weighted by Gasteiger charge is -2.35. The molecule has 0 saturated heterocycles. The second-order valence-corrected chi connectivity index (χ2v) is 13.3. The summed E-state index contributed by atoms with van der Waals surface area (Å²) in [5, 5.41) is 0. The molecule has 0 radical (unpaired) electrons. The fraction of sp³-hybridized carbons (Fsp3) is 0.541. The molecule has 7 nitrogen and oxygen atoms in total. The number of aromatic nitrogens is 2. The van der Waals surface area contributed by atoms with Crippen LogP contribution < -0.4 is 9.64 Å². The van der Waals surface area contributed by atoms with E-state index in [1.807, 2.05) is 17.0 Å². The van der Waals surface area contributed by atoms with Crippen LogP contribution in [0.4, 0.5) is 5.82 Å². The molecule has 1 amide bonds. The summed E-state index contributed by atoms with van der Waals surface area (Å²) in [6.45, 7) is 12.4. The molecule has 2 saturated carbocycles. The van der Waals surface area contributed by atoms with Gasteiger partial charge in [0.15, 0.2) is 5.89 Å². The number of hydrogen-bond donors (Lipinski definition) is 0. The number of nitrogens with zero attached hydrogens (tertiary/aromatic N) is 3. The van der Waals surface area contributed by atoms with Gasteiger partial charge in [-0.25, -0.2) is 9.97 Å². The van der Waals surface area contributed by atoms with Crippen LogP contribution in [-0.2, 0) is 14.9 Å². The average molecular weight is 602 g/mol. The van der Waals surface area contributed by atoms with E-state index < -0.39 is 0 Å². The fourth-order valence-electron chi connectivity index (χ4n) is 6.43. The third-order valence-corrected chi connectivity index (χ3v) is 9.03. The monoisotopic (exact) mass is 601 g/mol. The first-order valence-electron chi connectivity index (χ1n) is 16.2. The van der Waals surface area contributed by atoms with Crippen molar-refractivity contribution in [1.29, 1.82) is 0 Å². The summed E-state index contributed by atoms with van der Waals surface area (Å²) in [7, 11) is 3.29. The minimum Gasteiger partial charge on any atom is -0.505 e. The van der Waals surface area contributed by atoms with Crippen molar-refractivity contribution < 1.29 is 18.7 Å². The Hall–Kier alpha value is -3.61. The van der Waals surface area contributed by atoms with Gasteiger partial charge in [0.1, 0.15) is 23.5 Å². The van der Waals surface area contributed by atoms with Crippen LogP contribution in [0, 0.1) is 18.8 Å². The summed E-state index contributed by atoms with van der Waals surface area (Å²) in [6, 6.07) is 10.6. The number of carbonyl (C=O) groups excluding carboxylic acids is 1. The number of anilines is 1. The highest BCUT2D eigenvalue weighted by Gasteiger charge is 2.32. The third kappa shape index (κ3) is 8.52. The fourth-order valence-corrected chi connectivity index (χ4v) is 6.43. The van der Waals surface area contributed by atoms with Crippen LogP contribution in [0.25, 0.3) is 11.3 Å². The smallest absolute Gasteiger partial charge is 0.231 e. The van der Waals surface area contributed by atoms with E-state index in [4.69, 9.17) is 19.1 Å². The molecule has 44 heavy (non-hydrogen) atoms. The second-order valence-electron chi connectivity index (χ2n) is 13.3. The highest BCUT2D eigenvalue weighted by molar-refractivity contribution is 5.94. The van der Waals surface area contributed by atoms with Gasteiger partial charge in [-0.2, -0.15) is 0 Å². The average Bonchev–Trinajstić information content (AvgIpc) is 3.56. The minimum absolute atomic E-state index is 0.0948. The Bertz CT molecular complexity index is 1360. The van der Waals surface area contributed by atoms with E-state index in [1.54, 1.807) is 26.7 Å². The zero-order valence-corrected chi connectivity index (χ0v) is 27.6. The molecule has 0 spiro atoms. The Labute approximate surface area is 264 Å². The van der Waals surface area contributed by atoms with Gasteiger partial charge in [-0.15, -0.1) is 0 Å². The van der Waals surface area contributed by atoms with E-state index in [0.29, 0.717) is 17.7 Å². The quantitative estimate of drug-likeness (QED) is 0.240. The van der Waals surface area contributed by atoms with Crippen LogP contribution in [0.3, 0.4) is 0 Å². The van der Waals surface area contributed by atoms with Gasteiger partial charge < -0.3 is 13.9 Å². The lowest BCUT2D eigenvalue weighted by molar-refractivity contribution is -0.123.